The molecule has 4 heteroatoms. The molecule has 0 heterocycles. The zero-order chi connectivity index (χ0) is 12.5. The number of hydrogen-bond acceptors (Lipinski definition) is 4. The third-order valence-corrected chi connectivity index (χ3v) is 2.04. The lowest BCUT2D eigenvalue weighted by atomic mass is 10.2. The molecule has 0 atom stereocenters. The fraction of sp³-hybridized carbons (Fsp3) is 0.385. The molecular weight excluding hydrogens is 220 g/mol. The molecule has 0 unspecified atom stereocenters. The van der Waals surface area contributed by atoms with Crippen LogP contribution in [0, 0.1) is 0 Å². The number of rotatable bonds is 7. The molecule has 0 aromatic heterocycles. The van der Waals surface area contributed by atoms with Gasteiger partial charge in [-0.3, -0.25) is 0 Å². The Bertz CT molecular complexity index is 373. The minimum absolute atomic E-state index is 0.265. The van der Waals surface area contributed by atoms with E-state index in [2.05, 4.69) is 0 Å². The molecule has 4 nitrogen and oxygen atoms in total. The van der Waals surface area contributed by atoms with Crippen LogP contribution >= 0.6 is 0 Å². The Hall–Kier alpha value is -1.84. The van der Waals surface area contributed by atoms with Crippen molar-refractivity contribution in [2.75, 3.05) is 13.2 Å². The zero-order valence-corrected chi connectivity index (χ0v) is 9.85. The van der Waals surface area contributed by atoms with Gasteiger partial charge >= 0.3 is 5.97 Å². The Morgan fingerprint density at radius 2 is 2.06 bits per heavy atom. The van der Waals surface area contributed by atoms with Gasteiger partial charge in [0.2, 0.25) is 0 Å². The maximum Gasteiger partial charge on any atom is 0.341 e. The van der Waals surface area contributed by atoms with Gasteiger partial charge in [-0.05, 0) is 18.6 Å². The zero-order valence-electron chi connectivity index (χ0n) is 9.85. The molecule has 0 saturated carbocycles. The van der Waals surface area contributed by atoms with Crippen LogP contribution in [0.1, 0.15) is 30.1 Å². The number of ether oxygens (including phenoxy) is 2. The minimum atomic E-state index is -0.395. The first-order chi connectivity index (χ1) is 8.29. The van der Waals surface area contributed by atoms with Gasteiger partial charge in [0.15, 0.2) is 0 Å². The fourth-order valence-electron chi connectivity index (χ4n) is 1.25. The van der Waals surface area contributed by atoms with E-state index in [0.717, 1.165) is 12.7 Å². The van der Waals surface area contributed by atoms with E-state index in [-0.39, 0.29) is 6.61 Å². The van der Waals surface area contributed by atoms with Crippen molar-refractivity contribution in [2.45, 2.75) is 19.8 Å². The number of para-hydroxylation sites is 1. The van der Waals surface area contributed by atoms with Gasteiger partial charge in [-0.25, -0.2) is 4.79 Å². The Morgan fingerprint density at radius 3 is 2.76 bits per heavy atom. The Labute approximate surface area is 101 Å². The number of benzene rings is 1. The Kier molecular flexibility index (Phi) is 5.79. The highest BCUT2D eigenvalue weighted by atomic mass is 16.5. The predicted molar refractivity (Wildman–Crippen MR) is 63.2 cm³/mol. The van der Waals surface area contributed by atoms with Gasteiger partial charge in [0.25, 0.3) is 0 Å². The lowest BCUT2D eigenvalue weighted by molar-refractivity contribution is -0.108. The van der Waals surface area contributed by atoms with E-state index < -0.39 is 5.97 Å². The topological polar surface area (TPSA) is 52.6 Å². The van der Waals surface area contributed by atoms with Gasteiger partial charge in [-0.1, -0.05) is 19.1 Å². The van der Waals surface area contributed by atoms with Gasteiger partial charge in [0, 0.05) is 6.42 Å². The van der Waals surface area contributed by atoms with Crippen LogP contribution in [0.5, 0.6) is 5.75 Å². The van der Waals surface area contributed by atoms with Crippen LogP contribution < -0.4 is 4.74 Å². The molecule has 0 bridgehead atoms. The molecule has 17 heavy (non-hydrogen) atoms. The smallest absolute Gasteiger partial charge is 0.341 e. The lowest BCUT2D eigenvalue weighted by Gasteiger charge is -2.09. The summed E-state index contributed by atoms with van der Waals surface area (Å²) in [7, 11) is 0. The van der Waals surface area contributed by atoms with E-state index in [4.69, 9.17) is 9.47 Å². The first-order valence-corrected chi connectivity index (χ1v) is 5.62. The third kappa shape index (κ3) is 4.26. The van der Waals surface area contributed by atoms with Gasteiger partial charge in [0.05, 0.1) is 13.2 Å². The van der Waals surface area contributed by atoms with Crippen molar-refractivity contribution in [2.24, 2.45) is 0 Å². The molecule has 0 N–H and O–H groups in total. The van der Waals surface area contributed by atoms with E-state index in [1.54, 1.807) is 24.3 Å². The van der Waals surface area contributed by atoms with E-state index >= 15 is 0 Å². The van der Waals surface area contributed by atoms with Gasteiger partial charge in [0.1, 0.15) is 17.6 Å². The van der Waals surface area contributed by atoms with Crippen molar-refractivity contribution in [1.29, 1.82) is 0 Å². The van der Waals surface area contributed by atoms with E-state index in [0.29, 0.717) is 24.3 Å². The Balaban J connectivity index is 2.69. The molecule has 0 aliphatic heterocycles. The summed E-state index contributed by atoms with van der Waals surface area (Å²) >= 11 is 0. The minimum Gasteiger partial charge on any atom is -0.492 e. The van der Waals surface area contributed by atoms with Crippen molar-refractivity contribution < 1.29 is 19.1 Å². The van der Waals surface area contributed by atoms with Crippen molar-refractivity contribution in [3.8, 4) is 5.75 Å². The molecule has 1 aromatic carbocycles. The highest BCUT2D eigenvalue weighted by Crippen LogP contribution is 2.19. The summed E-state index contributed by atoms with van der Waals surface area (Å²) in [6.45, 7) is 2.59. The monoisotopic (exact) mass is 236 g/mol. The maximum atomic E-state index is 11.7. The van der Waals surface area contributed by atoms with E-state index in [9.17, 15) is 9.59 Å². The van der Waals surface area contributed by atoms with Gasteiger partial charge in [-0.15, -0.1) is 0 Å². The van der Waals surface area contributed by atoms with Crippen molar-refractivity contribution in [3.63, 3.8) is 0 Å². The van der Waals surface area contributed by atoms with Gasteiger partial charge in [-0.2, -0.15) is 0 Å². The third-order valence-electron chi connectivity index (χ3n) is 2.04. The summed E-state index contributed by atoms with van der Waals surface area (Å²) in [5.74, 6) is 0.0593. The summed E-state index contributed by atoms with van der Waals surface area (Å²) in [6, 6.07) is 6.85. The number of hydrogen-bond donors (Lipinski definition) is 0. The molecule has 0 fully saturated rings. The number of carbonyl (C=O) groups excluding carboxylic acids is 2. The van der Waals surface area contributed by atoms with Crippen LogP contribution in [0.25, 0.3) is 0 Å². The molecule has 0 saturated heterocycles. The van der Waals surface area contributed by atoms with Crippen molar-refractivity contribution in [1.82, 2.24) is 0 Å². The number of aldehydes is 1. The van der Waals surface area contributed by atoms with Crippen LogP contribution in [0.4, 0.5) is 0 Å². The molecule has 0 aliphatic rings. The SMILES string of the molecule is CCCOC(=O)c1ccccc1OCCC=O. The quantitative estimate of drug-likeness (QED) is 0.414. The average molecular weight is 236 g/mol. The van der Waals surface area contributed by atoms with Crippen molar-refractivity contribution in [3.05, 3.63) is 29.8 Å². The highest BCUT2D eigenvalue weighted by molar-refractivity contribution is 5.92. The molecular formula is C13H16O4. The van der Waals surface area contributed by atoms with Gasteiger partial charge < -0.3 is 14.3 Å². The van der Waals surface area contributed by atoms with E-state index in [1.807, 2.05) is 6.92 Å². The maximum absolute atomic E-state index is 11.7. The summed E-state index contributed by atoms with van der Waals surface area (Å²) in [4.78, 5) is 21.9. The summed E-state index contributed by atoms with van der Waals surface area (Å²) in [5.41, 5.74) is 0.395. The first-order valence-electron chi connectivity index (χ1n) is 5.62. The molecule has 92 valence electrons. The molecule has 0 radical (unpaired) electrons. The first kappa shape index (κ1) is 13.2. The standard InChI is InChI=1S/C13H16O4/c1-2-9-17-13(15)11-6-3-4-7-12(11)16-10-5-8-14/h3-4,6-8H,2,5,9-10H2,1H3. The fourth-order valence-corrected chi connectivity index (χ4v) is 1.25. The van der Waals surface area contributed by atoms with Crippen LogP contribution in [0.15, 0.2) is 24.3 Å². The van der Waals surface area contributed by atoms with Crippen LogP contribution in [-0.2, 0) is 9.53 Å². The molecule has 1 aromatic rings. The Morgan fingerprint density at radius 1 is 1.29 bits per heavy atom. The number of esters is 1. The summed E-state index contributed by atoms with van der Waals surface area (Å²) in [6.07, 6.45) is 1.86. The largest absolute Gasteiger partial charge is 0.492 e. The summed E-state index contributed by atoms with van der Waals surface area (Å²) in [5, 5.41) is 0. The van der Waals surface area contributed by atoms with Crippen LogP contribution in [-0.4, -0.2) is 25.5 Å². The molecule has 0 amide bonds. The predicted octanol–water partition coefficient (Wildman–Crippen LogP) is 2.22. The van der Waals surface area contributed by atoms with Crippen LogP contribution in [0.3, 0.4) is 0 Å². The number of carbonyl (C=O) groups is 2. The molecule has 1 rings (SSSR count). The summed E-state index contributed by atoms with van der Waals surface area (Å²) < 4.78 is 10.4. The second kappa shape index (κ2) is 7.44. The molecule has 0 aliphatic carbocycles. The van der Waals surface area contributed by atoms with Crippen molar-refractivity contribution >= 4 is 12.3 Å². The lowest BCUT2D eigenvalue weighted by Crippen LogP contribution is -2.09. The van der Waals surface area contributed by atoms with Crippen LogP contribution in [0.2, 0.25) is 0 Å². The normalized spacial score (nSPS) is 9.71. The van der Waals surface area contributed by atoms with E-state index in [1.165, 1.54) is 0 Å². The molecule has 0 spiro atoms. The second-order valence-corrected chi connectivity index (χ2v) is 3.44. The average Bonchev–Trinajstić information content (AvgIpc) is 2.37. The highest BCUT2D eigenvalue weighted by Gasteiger charge is 2.12. The second-order valence-electron chi connectivity index (χ2n) is 3.44.